The van der Waals surface area contributed by atoms with E-state index in [1.165, 1.54) is 11.1 Å². The molecule has 2 N–H and O–H groups in total. The lowest BCUT2D eigenvalue weighted by molar-refractivity contribution is -0.130. The molecule has 0 radical (unpaired) electrons. The van der Waals surface area contributed by atoms with Crippen LogP contribution in [0.2, 0.25) is 0 Å². The molecule has 0 aliphatic heterocycles. The molecule has 1 aromatic carbocycles. The van der Waals surface area contributed by atoms with Crippen LogP contribution in [0.1, 0.15) is 37.7 Å². The molecule has 2 amide bonds. The lowest BCUT2D eigenvalue weighted by Crippen LogP contribution is -2.47. The molecule has 29 heavy (non-hydrogen) atoms. The number of hydrogen-bond acceptors (Lipinski definition) is 4. The van der Waals surface area contributed by atoms with E-state index in [4.69, 9.17) is 0 Å². The second kappa shape index (κ2) is 9.18. The molecule has 0 unspecified atom stereocenters. The first kappa shape index (κ1) is 19.6. The molecule has 0 bridgehead atoms. The molecule has 0 saturated heterocycles. The highest BCUT2D eigenvalue weighted by molar-refractivity contribution is 7.17. The zero-order valence-electron chi connectivity index (χ0n) is 16.3. The molecule has 2 heterocycles. The van der Waals surface area contributed by atoms with E-state index in [9.17, 15) is 9.59 Å². The van der Waals surface area contributed by atoms with E-state index >= 15 is 0 Å². The van der Waals surface area contributed by atoms with Gasteiger partial charge in [0.2, 0.25) is 11.8 Å². The van der Waals surface area contributed by atoms with Crippen molar-refractivity contribution >= 4 is 38.9 Å². The molecule has 1 aliphatic carbocycles. The van der Waals surface area contributed by atoms with Gasteiger partial charge in [-0.15, -0.1) is 11.3 Å². The number of nitrogens with one attached hydrogen (secondary N) is 2. The topological polar surface area (TPSA) is 71.1 Å². The summed E-state index contributed by atoms with van der Waals surface area (Å²) >= 11 is 1.67. The Bertz CT molecular complexity index is 980. The smallest absolute Gasteiger partial charge is 0.247 e. The van der Waals surface area contributed by atoms with E-state index in [0.29, 0.717) is 12.1 Å². The van der Waals surface area contributed by atoms with E-state index in [1.807, 2.05) is 12.1 Å². The van der Waals surface area contributed by atoms with Crippen molar-refractivity contribution < 1.29 is 9.59 Å². The molecule has 1 saturated carbocycles. The van der Waals surface area contributed by atoms with Crippen molar-refractivity contribution in [3.8, 4) is 0 Å². The Morgan fingerprint density at radius 1 is 1.07 bits per heavy atom. The first-order valence-electron chi connectivity index (χ1n) is 10.2. The van der Waals surface area contributed by atoms with Gasteiger partial charge in [0.15, 0.2) is 0 Å². The maximum Gasteiger partial charge on any atom is 0.247 e. The predicted molar refractivity (Wildman–Crippen MR) is 117 cm³/mol. The predicted octanol–water partition coefficient (Wildman–Crippen LogP) is 4.54. The van der Waals surface area contributed by atoms with Gasteiger partial charge in [-0.2, -0.15) is 0 Å². The molecule has 5 nitrogen and oxygen atoms in total. The number of benzene rings is 1. The number of aromatic nitrogens is 1. The maximum atomic E-state index is 13.1. The first-order valence-corrected chi connectivity index (χ1v) is 11.0. The number of anilines is 1. The minimum absolute atomic E-state index is 0.000821. The summed E-state index contributed by atoms with van der Waals surface area (Å²) in [6.45, 7) is 0. The van der Waals surface area contributed by atoms with Crippen molar-refractivity contribution in [2.24, 2.45) is 5.92 Å². The highest BCUT2D eigenvalue weighted by atomic mass is 32.1. The van der Waals surface area contributed by atoms with Crippen LogP contribution in [0.25, 0.3) is 10.1 Å². The Morgan fingerprint density at radius 3 is 2.62 bits per heavy atom. The molecule has 0 spiro atoms. The van der Waals surface area contributed by atoms with Gasteiger partial charge in [0.05, 0.1) is 0 Å². The highest BCUT2D eigenvalue weighted by Crippen LogP contribution is 2.27. The number of amides is 2. The summed E-state index contributed by atoms with van der Waals surface area (Å²) in [6.07, 6.45) is 8.92. The van der Waals surface area contributed by atoms with Gasteiger partial charge in [-0.1, -0.05) is 37.5 Å². The van der Waals surface area contributed by atoms with Crippen molar-refractivity contribution in [1.29, 1.82) is 0 Å². The maximum absolute atomic E-state index is 13.1. The lowest BCUT2D eigenvalue weighted by Gasteiger charge is -2.24. The number of carbonyl (C=O) groups is 2. The fourth-order valence-corrected chi connectivity index (χ4v) is 4.91. The summed E-state index contributed by atoms with van der Waals surface area (Å²) in [7, 11) is 0. The van der Waals surface area contributed by atoms with Crippen LogP contribution in [0.15, 0.2) is 54.2 Å². The SMILES string of the molecule is O=C(N[C@@H](Cc1csc2ccccc12)C(=O)Nc1ccncc1)C1CCCCC1. The molecule has 3 aromatic rings. The zero-order valence-corrected chi connectivity index (χ0v) is 17.1. The van der Waals surface area contributed by atoms with Gasteiger partial charge < -0.3 is 10.6 Å². The first-order chi connectivity index (χ1) is 14.2. The third-order valence-corrected chi connectivity index (χ3v) is 6.55. The van der Waals surface area contributed by atoms with Crippen LogP contribution in [-0.2, 0) is 16.0 Å². The van der Waals surface area contributed by atoms with Crippen molar-refractivity contribution in [1.82, 2.24) is 10.3 Å². The van der Waals surface area contributed by atoms with Crippen LogP contribution in [0.5, 0.6) is 0 Å². The van der Waals surface area contributed by atoms with E-state index in [2.05, 4.69) is 33.1 Å². The van der Waals surface area contributed by atoms with E-state index < -0.39 is 6.04 Å². The second-order valence-electron chi connectivity index (χ2n) is 7.58. The number of fused-ring (bicyclic) bond motifs is 1. The summed E-state index contributed by atoms with van der Waals surface area (Å²) in [6, 6.07) is 11.1. The standard InChI is InChI=1S/C23H25N3O2S/c27-22(16-6-2-1-3-7-16)26-20(23(28)25-18-10-12-24-13-11-18)14-17-15-29-21-9-5-4-8-19(17)21/h4-5,8-13,15-16,20H,1-3,6-7,14H2,(H,26,27)(H,24,25,28)/t20-/m0/s1. The van der Waals surface area contributed by atoms with Gasteiger partial charge in [0.25, 0.3) is 0 Å². The van der Waals surface area contributed by atoms with Crippen molar-refractivity contribution in [3.05, 3.63) is 59.7 Å². The summed E-state index contributed by atoms with van der Waals surface area (Å²) in [5.41, 5.74) is 1.77. The number of hydrogen-bond donors (Lipinski definition) is 2. The lowest BCUT2D eigenvalue weighted by atomic mass is 9.88. The van der Waals surface area contributed by atoms with Gasteiger partial charge in [0, 0.05) is 35.1 Å². The Balaban J connectivity index is 1.54. The van der Waals surface area contributed by atoms with E-state index in [1.54, 1.807) is 35.9 Å². The van der Waals surface area contributed by atoms with Crippen LogP contribution in [0.4, 0.5) is 5.69 Å². The summed E-state index contributed by atoms with van der Waals surface area (Å²) < 4.78 is 1.19. The average Bonchev–Trinajstić information content (AvgIpc) is 3.17. The monoisotopic (exact) mass is 407 g/mol. The van der Waals surface area contributed by atoms with Crippen molar-refractivity contribution in [3.63, 3.8) is 0 Å². The molecular formula is C23H25N3O2S. The largest absolute Gasteiger partial charge is 0.344 e. The van der Waals surface area contributed by atoms with E-state index in [-0.39, 0.29) is 17.7 Å². The van der Waals surface area contributed by atoms with Crippen LogP contribution in [0.3, 0.4) is 0 Å². The average molecular weight is 408 g/mol. The second-order valence-corrected chi connectivity index (χ2v) is 8.49. The molecule has 1 atom stereocenters. The van der Waals surface area contributed by atoms with Crippen molar-refractivity contribution in [2.75, 3.05) is 5.32 Å². The molecule has 150 valence electrons. The van der Waals surface area contributed by atoms with Gasteiger partial charge in [-0.05, 0) is 47.4 Å². The normalized spacial score (nSPS) is 15.7. The van der Waals surface area contributed by atoms with Gasteiger partial charge >= 0.3 is 0 Å². The molecule has 2 aromatic heterocycles. The number of pyridine rings is 1. The minimum atomic E-state index is -0.615. The Morgan fingerprint density at radius 2 is 1.83 bits per heavy atom. The highest BCUT2D eigenvalue weighted by Gasteiger charge is 2.27. The third kappa shape index (κ3) is 4.82. The molecule has 6 heteroatoms. The van der Waals surface area contributed by atoms with Crippen LogP contribution >= 0.6 is 11.3 Å². The Labute approximate surface area is 174 Å². The number of rotatable bonds is 6. The minimum Gasteiger partial charge on any atom is -0.344 e. The van der Waals surface area contributed by atoms with Gasteiger partial charge in [-0.3, -0.25) is 14.6 Å². The van der Waals surface area contributed by atoms with Gasteiger partial charge in [0.1, 0.15) is 6.04 Å². The summed E-state index contributed by atoms with van der Waals surface area (Å²) in [4.78, 5) is 29.9. The summed E-state index contributed by atoms with van der Waals surface area (Å²) in [5, 5.41) is 9.20. The van der Waals surface area contributed by atoms with Crippen LogP contribution in [-0.4, -0.2) is 22.8 Å². The number of carbonyl (C=O) groups excluding carboxylic acids is 2. The van der Waals surface area contributed by atoms with Gasteiger partial charge in [-0.25, -0.2) is 0 Å². The molecule has 1 aliphatic rings. The van der Waals surface area contributed by atoms with Crippen molar-refractivity contribution in [2.45, 2.75) is 44.6 Å². The fourth-order valence-electron chi connectivity index (χ4n) is 3.94. The third-order valence-electron chi connectivity index (χ3n) is 5.54. The quantitative estimate of drug-likeness (QED) is 0.630. The fraction of sp³-hybridized carbons (Fsp3) is 0.348. The Kier molecular flexibility index (Phi) is 6.20. The number of thiophene rings is 1. The van der Waals surface area contributed by atoms with Crippen LogP contribution in [0, 0.1) is 5.92 Å². The van der Waals surface area contributed by atoms with Crippen LogP contribution < -0.4 is 10.6 Å². The Hall–Kier alpha value is -2.73. The molecular weight excluding hydrogens is 382 g/mol. The summed E-state index contributed by atoms with van der Waals surface area (Å²) in [5.74, 6) is -0.186. The molecule has 1 fully saturated rings. The van der Waals surface area contributed by atoms with E-state index in [0.717, 1.165) is 36.6 Å². The molecule has 4 rings (SSSR count). The zero-order chi connectivity index (χ0) is 20.1. The number of nitrogens with zero attached hydrogens (tertiary/aromatic N) is 1.